The van der Waals surface area contributed by atoms with Crippen molar-refractivity contribution in [3.8, 4) is 0 Å². The highest BCUT2D eigenvalue weighted by Crippen LogP contribution is 2.28. The maximum Gasteiger partial charge on any atom is 0.223 e. The van der Waals surface area contributed by atoms with Gasteiger partial charge in [0.2, 0.25) is 11.8 Å². The summed E-state index contributed by atoms with van der Waals surface area (Å²) in [6.45, 7) is 2.47. The first-order valence-corrected chi connectivity index (χ1v) is 11.1. The van der Waals surface area contributed by atoms with Gasteiger partial charge in [0.05, 0.1) is 0 Å². The smallest absolute Gasteiger partial charge is 0.223 e. The SMILES string of the molecule is Cl.O=C(CC1CCCC1)NC1CCC(C(=O)NCc2ccc3c(c2)CNC3)CC1. The highest BCUT2D eigenvalue weighted by atomic mass is 35.5. The van der Waals surface area contributed by atoms with E-state index in [1.807, 2.05) is 0 Å². The number of fused-ring (bicyclic) bond motifs is 1. The lowest BCUT2D eigenvalue weighted by atomic mass is 9.85. The second-order valence-electron chi connectivity index (χ2n) is 8.90. The van der Waals surface area contributed by atoms with Gasteiger partial charge in [-0.25, -0.2) is 0 Å². The van der Waals surface area contributed by atoms with Crippen molar-refractivity contribution in [3.05, 3.63) is 34.9 Å². The molecule has 0 saturated heterocycles. The van der Waals surface area contributed by atoms with Crippen LogP contribution in [0.3, 0.4) is 0 Å². The van der Waals surface area contributed by atoms with E-state index in [9.17, 15) is 9.59 Å². The van der Waals surface area contributed by atoms with Crippen LogP contribution in [-0.2, 0) is 29.2 Å². The number of benzene rings is 1. The molecule has 3 aliphatic rings. The van der Waals surface area contributed by atoms with Crippen LogP contribution < -0.4 is 16.0 Å². The van der Waals surface area contributed by atoms with Crippen molar-refractivity contribution in [2.24, 2.45) is 11.8 Å². The first kappa shape index (κ1) is 22.1. The summed E-state index contributed by atoms with van der Waals surface area (Å²) in [6.07, 6.45) is 9.24. The summed E-state index contributed by atoms with van der Waals surface area (Å²) in [6, 6.07) is 6.73. The molecule has 2 aliphatic carbocycles. The van der Waals surface area contributed by atoms with Crippen molar-refractivity contribution in [3.63, 3.8) is 0 Å². The van der Waals surface area contributed by atoms with Gasteiger partial charge in [-0.15, -0.1) is 12.4 Å². The number of nitrogens with one attached hydrogen (secondary N) is 3. The minimum atomic E-state index is 0. The molecule has 1 aromatic carbocycles. The molecule has 4 rings (SSSR count). The summed E-state index contributed by atoms with van der Waals surface area (Å²) >= 11 is 0. The summed E-state index contributed by atoms with van der Waals surface area (Å²) < 4.78 is 0. The van der Waals surface area contributed by atoms with Crippen LogP contribution in [0.1, 0.15) is 74.5 Å². The Morgan fingerprint density at radius 3 is 2.45 bits per heavy atom. The molecule has 2 saturated carbocycles. The quantitative estimate of drug-likeness (QED) is 0.660. The van der Waals surface area contributed by atoms with E-state index in [-0.39, 0.29) is 36.2 Å². The number of halogens is 1. The molecule has 160 valence electrons. The van der Waals surface area contributed by atoms with E-state index in [0.717, 1.165) is 38.8 Å². The highest BCUT2D eigenvalue weighted by molar-refractivity contribution is 5.85. The first-order chi connectivity index (χ1) is 13.7. The fourth-order valence-electron chi connectivity index (χ4n) is 5.05. The van der Waals surface area contributed by atoms with Gasteiger partial charge in [0.25, 0.3) is 0 Å². The predicted molar refractivity (Wildman–Crippen MR) is 117 cm³/mol. The number of hydrogen-bond acceptors (Lipinski definition) is 3. The Labute approximate surface area is 180 Å². The minimum Gasteiger partial charge on any atom is -0.353 e. The van der Waals surface area contributed by atoms with Crippen LogP contribution in [0.5, 0.6) is 0 Å². The van der Waals surface area contributed by atoms with Crippen molar-refractivity contribution in [2.75, 3.05) is 0 Å². The number of rotatable bonds is 6. The number of carbonyl (C=O) groups excluding carboxylic acids is 2. The Balaban J connectivity index is 0.00000240. The lowest BCUT2D eigenvalue weighted by Gasteiger charge is -2.28. The van der Waals surface area contributed by atoms with Gasteiger partial charge in [0, 0.05) is 38.0 Å². The first-order valence-electron chi connectivity index (χ1n) is 11.1. The molecular weight excluding hydrogens is 386 g/mol. The fourth-order valence-corrected chi connectivity index (χ4v) is 5.05. The lowest BCUT2D eigenvalue weighted by Crippen LogP contribution is -2.41. The van der Waals surface area contributed by atoms with Gasteiger partial charge >= 0.3 is 0 Å². The van der Waals surface area contributed by atoms with Crippen LogP contribution in [0.15, 0.2) is 18.2 Å². The average Bonchev–Trinajstić information content (AvgIpc) is 3.38. The lowest BCUT2D eigenvalue weighted by molar-refractivity contribution is -0.126. The van der Waals surface area contributed by atoms with Crippen LogP contribution in [0, 0.1) is 11.8 Å². The number of hydrogen-bond donors (Lipinski definition) is 3. The van der Waals surface area contributed by atoms with Gasteiger partial charge in [0.1, 0.15) is 0 Å². The zero-order chi connectivity index (χ0) is 19.3. The second-order valence-corrected chi connectivity index (χ2v) is 8.90. The molecule has 0 spiro atoms. The van der Waals surface area contributed by atoms with Crippen LogP contribution in [0.2, 0.25) is 0 Å². The average molecular weight is 420 g/mol. The standard InChI is InChI=1S/C23H33N3O2.ClH/c27-22(12-16-3-1-2-4-16)26-21-9-7-18(8-10-21)23(28)25-13-17-5-6-19-14-24-15-20(19)11-17;/h5-6,11,16,18,21,24H,1-4,7-10,12-15H2,(H,25,28)(H,26,27);1H. The third kappa shape index (κ3) is 5.95. The zero-order valence-corrected chi connectivity index (χ0v) is 18.0. The predicted octanol–water partition coefficient (Wildman–Crippen LogP) is 3.58. The summed E-state index contributed by atoms with van der Waals surface area (Å²) in [5.74, 6) is 1.05. The molecule has 5 nitrogen and oxygen atoms in total. The molecule has 0 atom stereocenters. The molecule has 1 aromatic rings. The molecule has 6 heteroatoms. The molecule has 0 unspecified atom stereocenters. The number of carbonyl (C=O) groups is 2. The van der Waals surface area contributed by atoms with Gasteiger partial charge in [-0.1, -0.05) is 31.0 Å². The summed E-state index contributed by atoms with van der Waals surface area (Å²) in [7, 11) is 0. The molecule has 0 radical (unpaired) electrons. The van der Waals surface area contributed by atoms with Crippen molar-refractivity contribution in [1.82, 2.24) is 16.0 Å². The maximum atomic E-state index is 12.6. The molecule has 1 heterocycles. The largest absolute Gasteiger partial charge is 0.353 e. The third-order valence-corrected chi connectivity index (χ3v) is 6.78. The third-order valence-electron chi connectivity index (χ3n) is 6.78. The van der Waals surface area contributed by atoms with Crippen molar-refractivity contribution in [2.45, 2.75) is 83.5 Å². The van der Waals surface area contributed by atoms with Gasteiger partial charge in [-0.3, -0.25) is 9.59 Å². The molecular formula is C23H34ClN3O2. The minimum absolute atomic E-state index is 0. The second kappa shape index (κ2) is 10.4. The monoisotopic (exact) mass is 419 g/mol. The van der Waals surface area contributed by atoms with E-state index in [0.29, 0.717) is 18.9 Å². The zero-order valence-electron chi connectivity index (χ0n) is 17.2. The van der Waals surface area contributed by atoms with Gasteiger partial charge in [0.15, 0.2) is 0 Å². The normalized spacial score (nSPS) is 23.9. The Kier molecular flexibility index (Phi) is 7.96. The summed E-state index contributed by atoms with van der Waals surface area (Å²) in [4.78, 5) is 24.8. The Hall–Kier alpha value is -1.59. The van der Waals surface area contributed by atoms with E-state index >= 15 is 0 Å². The number of amides is 2. The van der Waals surface area contributed by atoms with Gasteiger partial charge < -0.3 is 16.0 Å². The summed E-state index contributed by atoms with van der Waals surface area (Å²) in [5.41, 5.74) is 3.88. The molecule has 0 bridgehead atoms. The van der Waals surface area contributed by atoms with Crippen LogP contribution in [0.25, 0.3) is 0 Å². The van der Waals surface area contributed by atoms with Crippen molar-refractivity contribution in [1.29, 1.82) is 0 Å². The van der Waals surface area contributed by atoms with E-state index in [4.69, 9.17) is 0 Å². The van der Waals surface area contributed by atoms with Crippen molar-refractivity contribution >= 4 is 24.2 Å². The Bertz CT molecular complexity index is 710. The van der Waals surface area contributed by atoms with E-state index in [1.54, 1.807) is 0 Å². The highest BCUT2D eigenvalue weighted by Gasteiger charge is 2.28. The van der Waals surface area contributed by atoms with Gasteiger partial charge in [-0.05, 0) is 61.1 Å². The van der Waals surface area contributed by atoms with Crippen LogP contribution in [-0.4, -0.2) is 17.9 Å². The topological polar surface area (TPSA) is 70.2 Å². The molecule has 2 fully saturated rings. The Morgan fingerprint density at radius 2 is 1.69 bits per heavy atom. The summed E-state index contributed by atoms with van der Waals surface area (Å²) in [5, 5.41) is 9.68. The van der Waals surface area contributed by atoms with E-state index < -0.39 is 0 Å². The molecule has 1 aliphatic heterocycles. The van der Waals surface area contributed by atoms with E-state index in [2.05, 4.69) is 34.1 Å². The van der Waals surface area contributed by atoms with Crippen LogP contribution >= 0.6 is 12.4 Å². The fraction of sp³-hybridized carbons (Fsp3) is 0.652. The van der Waals surface area contributed by atoms with Crippen molar-refractivity contribution < 1.29 is 9.59 Å². The Morgan fingerprint density at radius 1 is 0.966 bits per heavy atom. The van der Waals surface area contributed by atoms with Crippen LogP contribution in [0.4, 0.5) is 0 Å². The molecule has 29 heavy (non-hydrogen) atoms. The molecule has 2 amide bonds. The van der Waals surface area contributed by atoms with E-state index in [1.165, 1.54) is 42.4 Å². The molecule has 3 N–H and O–H groups in total. The maximum absolute atomic E-state index is 12.6. The van der Waals surface area contributed by atoms with Gasteiger partial charge in [-0.2, -0.15) is 0 Å². The molecule has 0 aromatic heterocycles.